The van der Waals surface area contributed by atoms with E-state index < -0.39 is 23.0 Å². The van der Waals surface area contributed by atoms with Gasteiger partial charge in [-0.1, -0.05) is 110 Å². The number of carbonyl (C=O) groups excluding carboxylic acids is 4. The van der Waals surface area contributed by atoms with Crippen LogP contribution in [0.5, 0.6) is 5.75 Å². The highest BCUT2D eigenvalue weighted by Crippen LogP contribution is 2.37. The summed E-state index contributed by atoms with van der Waals surface area (Å²) in [6.07, 6.45) is 3.32. The van der Waals surface area contributed by atoms with Gasteiger partial charge in [0.05, 0.1) is 12.2 Å². The summed E-state index contributed by atoms with van der Waals surface area (Å²) < 4.78 is 11.2. The van der Waals surface area contributed by atoms with E-state index in [9.17, 15) is 19.2 Å². The first-order chi connectivity index (χ1) is 28.3. The third-order valence-corrected chi connectivity index (χ3v) is 10.0. The Labute approximate surface area is 342 Å². The number of anilines is 2. The Balaban J connectivity index is 1.17. The molecule has 3 amide bonds. The molecule has 6 aromatic rings. The van der Waals surface area contributed by atoms with Crippen molar-refractivity contribution in [1.29, 1.82) is 0 Å². The average molecular weight is 790 g/mol. The van der Waals surface area contributed by atoms with Gasteiger partial charge in [0.15, 0.2) is 0 Å². The van der Waals surface area contributed by atoms with Gasteiger partial charge in [0, 0.05) is 21.8 Å². The fourth-order valence-electron chi connectivity index (χ4n) is 5.68. The van der Waals surface area contributed by atoms with E-state index in [0.717, 1.165) is 28.9 Å². The lowest BCUT2D eigenvalue weighted by atomic mass is 10.1. The molecule has 292 valence electrons. The van der Waals surface area contributed by atoms with Crippen molar-refractivity contribution in [3.05, 3.63) is 197 Å². The van der Waals surface area contributed by atoms with E-state index in [0.29, 0.717) is 47.0 Å². The third kappa shape index (κ3) is 12.0. The van der Waals surface area contributed by atoms with Gasteiger partial charge in [0.1, 0.15) is 23.3 Å². The summed E-state index contributed by atoms with van der Waals surface area (Å²) in [5.74, 6) is -0.988. The van der Waals surface area contributed by atoms with Gasteiger partial charge >= 0.3 is 5.97 Å². The number of rotatable bonds is 17. The summed E-state index contributed by atoms with van der Waals surface area (Å²) in [5.41, 5.74) is 4.33. The molecule has 6 aromatic carbocycles. The Morgan fingerprint density at radius 1 is 0.672 bits per heavy atom. The summed E-state index contributed by atoms with van der Waals surface area (Å²) in [6.45, 7) is 2.80. The zero-order valence-electron chi connectivity index (χ0n) is 31.9. The Kier molecular flexibility index (Phi) is 14.6. The fraction of sp³-hybridized carbons (Fsp3) is 0.125. The number of amides is 3. The number of hydrogen-bond donors (Lipinski definition) is 3. The zero-order valence-corrected chi connectivity index (χ0v) is 32.7. The van der Waals surface area contributed by atoms with Crippen LogP contribution in [0, 0.1) is 0 Å². The Hall–Kier alpha value is -6.91. The molecule has 0 radical (unpaired) electrons. The molecule has 0 aliphatic heterocycles. The van der Waals surface area contributed by atoms with Crippen molar-refractivity contribution in [3.63, 3.8) is 0 Å². The van der Waals surface area contributed by atoms with Crippen molar-refractivity contribution >= 4 is 52.9 Å². The van der Waals surface area contributed by atoms with Gasteiger partial charge in [-0.25, -0.2) is 4.79 Å². The fourth-order valence-corrected chi connectivity index (χ4v) is 6.77. The summed E-state index contributed by atoms with van der Waals surface area (Å²) >= 11 is 1.32. The van der Waals surface area contributed by atoms with Crippen LogP contribution in [0.1, 0.15) is 62.4 Å². The molecule has 9 nitrogen and oxygen atoms in total. The normalized spacial score (nSPS) is 11.5. The van der Waals surface area contributed by atoms with E-state index in [1.165, 1.54) is 11.8 Å². The zero-order chi connectivity index (χ0) is 40.5. The van der Waals surface area contributed by atoms with E-state index in [1.54, 1.807) is 72.8 Å². The van der Waals surface area contributed by atoms with Crippen molar-refractivity contribution in [2.24, 2.45) is 0 Å². The molecule has 0 bridgehead atoms. The highest BCUT2D eigenvalue weighted by Gasteiger charge is 2.23. The Morgan fingerprint density at radius 3 is 2.03 bits per heavy atom. The number of esters is 1. The number of thioether (sulfide) groups is 1. The smallest absolute Gasteiger partial charge is 0.338 e. The maximum absolute atomic E-state index is 13.9. The summed E-state index contributed by atoms with van der Waals surface area (Å²) in [5, 5.41) is 8.02. The number of ether oxygens (including phenoxy) is 2. The summed E-state index contributed by atoms with van der Waals surface area (Å²) in [4.78, 5) is 54.1. The lowest BCUT2D eigenvalue weighted by Crippen LogP contribution is -2.30. The number of hydrogen-bond acceptors (Lipinski definition) is 7. The minimum absolute atomic E-state index is 0.0339. The van der Waals surface area contributed by atoms with Crippen LogP contribution in [0.4, 0.5) is 11.4 Å². The van der Waals surface area contributed by atoms with Crippen LogP contribution in [0.15, 0.2) is 174 Å². The molecule has 1 atom stereocenters. The van der Waals surface area contributed by atoms with E-state index in [2.05, 4.69) is 16.0 Å². The minimum atomic E-state index is -0.661. The minimum Gasteiger partial charge on any atom is -0.489 e. The molecule has 0 saturated carbocycles. The predicted molar refractivity (Wildman–Crippen MR) is 229 cm³/mol. The van der Waals surface area contributed by atoms with Crippen LogP contribution in [0.25, 0.3) is 6.08 Å². The maximum Gasteiger partial charge on any atom is 0.338 e. The molecule has 0 spiro atoms. The molecule has 3 N–H and O–H groups in total. The second-order valence-electron chi connectivity index (χ2n) is 13.2. The number of unbranched alkanes of at least 4 members (excludes halogenated alkanes) is 1. The lowest BCUT2D eigenvalue weighted by molar-refractivity contribution is -0.116. The first-order valence-corrected chi connectivity index (χ1v) is 19.8. The molecule has 6 rings (SSSR count). The summed E-state index contributed by atoms with van der Waals surface area (Å²) in [6, 6.07) is 48.9. The van der Waals surface area contributed by atoms with E-state index >= 15 is 0 Å². The van der Waals surface area contributed by atoms with E-state index in [4.69, 9.17) is 9.47 Å². The Bertz CT molecular complexity index is 2320. The topological polar surface area (TPSA) is 123 Å². The molecular formula is C48H43N3O6S. The molecule has 0 aliphatic rings. The van der Waals surface area contributed by atoms with Crippen molar-refractivity contribution in [2.45, 2.75) is 36.5 Å². The van der Waals surface area contributed by atoms with Crippen LogP contribution in [-0.4, -0.2) is 30.3 Å². The van der Waals surface area contributed by atoms with Crippen molar-refractivity contribution in [1.82, 2.24) is 5.32 Å². The van der Waals surface area contributed by atoms with Crippen LogP contribution in [0.2, 0.25) is 0 Å². The van der Waals surface area contributed by atoms with Crippen LogP contribution < -0.4 is 20.7 Å². The Morgan fingerprint density at radius 2 is 1.34 bits per heavy atom. The van der Waals surface area contributed by atoms with E-state index in [1.807, 2.05) is 104 Å². The number of benzene rings is 6. The third-order valence-electron chi connectivity index (χ3n) is 8.77. The van der Waals surface area contributed by atoms with Gasteiger partial charge in [-0.3, -0.25) is 14.4 Å². The van der Waals surface area contributed by atoms with Crippen molar-refractivity contribution in [3.8, 4) is 5.75 Å². The van der Waals surface area contributed by atoms with Crippen LogP contribution in [0.3, 0.4) is 0 Å². The van der Waals surface area contributed by atoms with Crippen molar-refractivity contribution < 1.29 is 28.7 Å². The molecule has 0 aromatic heterocycles. The second-order valence-corrected chi connectivity index (χ2v) is 14.3. The molecule has 0 fully saturated rings. The average Bonchev–Trinajstić information content (AvgIpc) is 3.26. The molecule has 1 unspecified atom stereocenters. The van der Waals surface area contributed by atoms with Gasteiger partial charge in [-0.2, -0.15) is 0 Å². The number of nitrogens with one attached hydrogen (secondary N) is 3. The first kappa shape index (κ1) is 40.7. The monoisotopic (exact) mass is 789 g/mol. The van der Waals surface area contributed by atoms with E-state index in [-0.39, 0.29) is 11.6 Å². The second kappa shape index (κ2) is 20.8. The molecule has 0 saturated heterocycles. The molecule has 0 aliphatic carbocycles. The number of carbonyl (C=O) groups is 4. The quantitative estimate of drug-likeness (QED) is 0.0364. The molecular weight excluding hydrogens is 747 g/mol. The lowest BCUT2D eigenvalue weighted by Gasteiger charge is -2.18. The highest BCUT2D eigenvalue weighted by atomic mass is 32.2. The van der Waals surface area contributed by atoms with Crippen LogP contribution >= 0.6 is 11.8 Å². The van der Waals surface area contributed by atoms with Gasteiger partial charge in [-0.05, 0) is 95.9 Å². The standard InChI is InChI=1S/C48H43N3O6S/c1-2-3-30-56-48(55)38-24-26-39(27-25-38)49-47(54)44(36-16-9-5-10-17-36)58-42-21-13-20-40(32-42)50-46(53)43(51-45(52)37-18-11-6-12-19-37)31-34-22-28-41(29-23-34)57-33-35-14-7-4-8-15-35/h4-29,31-32,44H,2-3,30,33H2,1H3,(H,49,54)(H,50,53)(H,51,52)/b43-31+. The largest absolute Gasteiger partial charge is 0.489 e. The van der Waals surface area contributed by atoms with Crippen molar-refractivity contribution in [2.75, 3.05) is 17.2 Å². The summed E-state index contributed by atoms with van der Waals surface area (Å²) in [7, 11) is 0. The maximum atomic E-state index is 13.9. The van der Waals surface area contributed by atoms with Gasteiger partial charge < -0.3 is 25.4 Å². The van der Waals surface area contributed by atoms with Gasteiger partial charge in [0.25, 0.3) is 11.8 Å². The van der Waals surface area contributed by atoms with Gasteiger partial charge in [0.2, 0.25) is 5.91 Å². The van der Waals surface area contributed by atoms with Gasteiger partial charge in [-0.15, -0.1) is 11.8 Å². The first-order valence-electron chi connectivity index (χ1n) is 18.9. The molecule has 10 heteroatoms. The van der Waals surface area contributed by atoms with Crippen LogP contribution in [-0.2, 0) is 20.9 Å². The highest BCUT2D eigenvalue weighted by molar-refractivity contribution is 8.00. The molecule has 58 heavy (non-hydrogen) atoms. The molecule has 0 heterocycles. The SMILES string of the molecule is CCCCOC(=O)c1ccc(NC(=O)C(Sc2cccc(NC(=O)/C(=C\c3ccc(OCc4ccccc4)cc3)NC(=O)c3ccccc3)c2)c2ccccc2)cc1. The predicted octanol–water partition coefficient (Wildman–Crippen LogP) is 10.1.